The first-order chi connectivity index (χ1) is 7.34. The lowest BCUT2D eigenvalue weighted by Crippen LogP contribution is -2.60. The number of carbonyl (C=O) groups is 3. The van der Waals surface area contributed by atoms with Gasteiger partial charge in [-0.05, 0) is 6.92 Å². The number of carbonyl (C=O) groups excluding carboxylic acids is 3. The molecule has 0 saturated carbocycles. The summed E-state index contributed by atoms with van der Waals surface area (Å²) in [6.07, 6.45) is -0.954. The van der Waals surface area contributed by atoms with Crippen LogP contribution in [0.3, 0.4) is 0 Å². The quantitative estimate of drug-likeness (QED) is 0.663. The summed E-state index contributed by atoms with van der Waals surface area (Å²) >= 11 is 0. The van der Waals surface area contributed by atoms with Gasteiger partial charge in [0.1, 0.15) is 0 Å². The van der Waals surface area contributed by atoms with Gasteiger partial charge in [-0.2, -0.15) is 0 Å². The van der Waals surface area contributed by atoms with Crippen molar-refractivity contribution in [2.75, 3.05) is 12.8 Å². The average Bonchev–Trinajstić information content (AvgIpc) is 2.20. The highest BCUT2D eigenvalue weighted by Crippen LogP contribution is 2.09. The number of halogens is 1. The summed E-state index contributed by atoms with van der Waals surface area (Å²) in [7, 11) is -1.24. The molecule has 6 nitrogen and oxygen atoms in total. The number of nitrogens with zero attached hydrogens (tertiary/aromatic N) is 1. The molecule has 1 aliphatic rings. The second kappa shape index (κ2) is 4.69. The van der Waals surface area contributed by atoms with Gasteiger partial charge in [0.25, 0.3) is 18.0 Å². The Morgan fingerprint density at radius 2 is 2.06 bits per heavy atom. The Hall–Kier alpha value is -1.31. The number of rotatable bonds is 3. The van der Waals surface area contributed by atoms with Crippen molar-refractivity contribution in [1.82, 2.24) is 10.2 Å². The fourth-order valence-corrected chi connectivity index (χ4v) is 1.48. The minimum Gasteiger partial charge on any atom is -0.275 e. The van der Waals surface area contributed by atoms with Crippen LogP contribution in [0.25, 0.3) is 0 Å². The van der Waals surface area contributed by atoms with Crippen LogP contribution in [0.2, 0.25) is 0 Å². The molecule has 4 amide bonds. The third-order valence-corrected chi connectivity index (χ3v) is 3.48. The standard InChI is InChI=1S/C8H11FN2O4S/c1-4(16(2)15)3-11-7(13)5(9)6(12)10-8(11)14/h4-5H,3H2,1-2H3,(H,10,12,14). The number of urea groups is 1. The molecule has 0 aromatic heterocycles. The first kappa shape index (κ1) is 12.8. The van der Waals surface area contributed by atoms with Crippen molar-refractivity contribution in [3.05, 3.63) is 0 Å². The number of hydrogen-bond donors (Lipinski definition) is 1. The maximum absolute atomic E-state index is 13.0. The molecule has 1 fully saturated rings. The van der Waals surface area contributed by atoms with Crippen molar-refractivity contribution in [2.45, 2.75) is 18.3 Å². The molecule has 1 aliphatic heterocycles. The van der Waals surface area contributed by atoms with Crippen molar-refractivity contribution >= 4 is 28.6 Å². The molecule has 1 N–H and O–H groups in total. The Balaban J connectivity index is 2.79. The highest BCUT2D eigenvalue weighted by atomic mass is 32.2. The molecule has 90 valence electrons. The van der Waals surface area contributed by atoms with E-state index >= 15 is 0 Å². The topological polar surface area (TPSA) is 83.6 Å². The molecule has 1 rings (SSSR count). The SMILES string of the molecule is CC(CN1C(=O)NC(=O)C(F)C1=O)S(C)=O. The number of hydrogen-bond acceptors (Lipinski definition) is 4. The largest absolute Gasteiger partial charge is 0.330 e. The summed E-state index contributed by atoms with van der Waals surface area (Å²) in [5, 5.41) is 1.23. The predicted octanol–water partition coefficient (Wildman–Crippen LogP) is -0.830. The molecule has 16 heavy (non-hydrogen) atoms. The fraction of sp³-hybridized carbons (Fsp3) is 0.625. The molecule has 8 heteroatoms. The van der Waals surface area contributed by atoms with Gasteiger partial charge >= 0.3 is 6.03 Å². The van der Waals surface area contributed by atoms with Crippen molar-refractivity contribution in [3.63, 3.8) is 0 Å². The maximum atomic E-state index is 13.0. The van der Waals surface area contributed by atoms with Gasteiger partial charge in [-0.1, -0.05) is 0 Å². The number of alkyl halides is 1. The van der Waals surface area contributed by atoms with E-state index in [1.54, 1.807) is 12.2 Å². The van der Waals surface area contributed by atoms with E-state index < -0.39 is 40.1 Å². The van der Waals surface area contributed by atoms with Gasteiger partial charge in [-0.15, -0.1) is 0 Å². The highest BCUT2D eigenvalue weighted by molar-refractivity contribution is 7.84. The lowest BCUT2D eigenvalue weighted by atomic mass is 10.2. The van der Waals surface area contributed by atoms with Crippen molar-refractivity contribution in [3.8, 4) is 0 Å². The number of amides is 4. The van der Waals surface area contributed by atoms with E-state index in [-0.39, 0.29) is 6.54 Å². The first-order valence-corrected chi connectivity index (χ1v) is 6.09. The van der Waals surface area contributed by atoms with Gasteiger partial charge < -0.3 is 0 Å². The Bertz CT molecular complexity index is 373. The maximum Gasteiger partial charge on any atom is 0.330 e. The smallest absolute Gasteiger partial charge is 0.275 e. The van der Waals surface area contributed by atoms with E-state index in [9.17, 15) is 23.0 Å². The van der Waals surface area contributed by atoms with E-state index in [2.05, 4.69) is 0 Å². The van der Waals surface area contributed by atoms with Crippen LogP contribution in [-0.2, 0) is 20.4 Å². The molecular formula is C8H11FN2O4S. The Morgan fingerprint density at radius 3 is 2.56 bits per heavy atom. The van der Waals surface area contributed by atoms with Crippen LogP contribution in [-0.4, -0.2) is 51.2 Å². The third-order valence-electron chi connectivity index (χ3n) is 2.19. The lowest BCUT2D eigenvalue weighted by molar-refractivity contribution is -0.143. The monoisotopic (exact) mass is 250 g/mol. The molecule has 1 saturated heterocycles. The molecule has 0 radical (unpaired) electrons. The second-order valence-corrected chi connectivity index (χ2v) is 5.22. The summed E-state index contributed by atoms with van der Waals surface area (Å²) in [5.41, 5.74) is 0. The van der Waals surface area contributed by atoms with Gasteiger partial charge in [0.15, 0.2) is 0 Å². The predicted molar refractivity (Wildman–Crippen MR) is 53.7 cm³/mol. The van der Waals surface area contributed by atoms with E-state index in [0.717, 1.165) is 0 Å². The van der Waals surface area contributed by atoms with Crippen LogP contribution in [0.15, 0.2) is 0 Å². The second-order valence-electron chi connectivity index (χ2n) is 3.42. The first-order valence-electron chi connectivity index (χ1n) is 4.47. The minimum atomic E-state index is -2.37. The van der Waals surface area contributed by atoms with Gasteiger partial charge in [0.05, 0.1) is 0 Å². The Labute approximate surface area is 93.6 Å². The highest BCUT2D eigenvalue weighted by Gasteiger charge is 2.41. The van der Waals surface area contributed by atoms with Gasteiger partial charge in [-0.3, -0.25) is 24.0 Å². The molecular weight excluding hydrogens is 239 g/mol. The van der Waals surface area contributed by atoms with Crippen LogP contribution in [0.4, 0.5) is 9.18 Å². The van der Waals surface area contributed by atoms with E-state index in [0.29, 0.717) is 4.90 Å². The van der Waals surface area contributed by atoms with Gasteiger partial charge in [-0.25, -0.2) is 9.18 Å². The lowest BCUT2D eigenvalue weighted by Gasteiger charge is -2.28. The van der Waals surface area contributed by atoms with Crippen LogP contribution in [0, 0.1) is 0 Å². The van der Waals surface area contributed by atoms with Crippen LogP contribution in [0.1, 0.15) is 6.92 Å². The van der Waals surface area contributed by atoms with Crippen LogP contribution < -0.4 is 5.32 Å². The number of barbiturate groups is 1. The number of nitrogens with one attached hydrogen (secondary N) is 1. The summed E-state index contributed by atoms with van der Waals surface area (Å²) in [6, 6.07) is -0.971. The molecule has 0 aromatic carbocycles. The zero-order chi connectivity index (χ0) is 12.5. The van der Waals surface area contributed by atoms with Crippen LogP contribution in [0.5, 0.6) is 0 Å². The molecule has 3 unspecified atom stereocenters. The summed E-state index contributed by atoms with van der Waals surface area (Å²) in [6.45, 7) is 1.38. The molecule has 1 heterocycles. The van der Waals surface area contributed by atoms with Crippen molar-refractivity contribution in [1.29, 1.82) is 0 Å². The van der Waals surface area contributed by atoms with E-state index in [1.807, 2.05) is 0 Å². The molecule has 0 aromatic rings. The zero-order valence-corrected chi connectivity index (χ0v) is 9.54. The fourth-order valence-electron chi connectivity index (χ4n) is 1.12. The third kappa shape index (κ3) is 2.43. The van der Waals surface area contributed by atoms with Crippen molar-refractivity contribution < 1.29 is 23.0 Å². The molecule has 0 spiro atoms. The van der Waals surface area contributed by atoms with Gasteiger partial charge in [0.2, 0.25) is 0 Å². The summed E-state index contributed by atoms with van der Waals surface area (Å²) in [5.74, 6) is -2.46. The summed E-state index contributed by atoms with van der Waals surface area (Å²) < 4.78 is 24.1. The molecule has 0 bridgehead atoms. The van der Waals surface area contributed by atoms with Gasteiger partial charge in [0, 0.05) is 28.9 Å². The van der Waals surface area contributed by atoms with E-state index in [1.165, 1.54) is 6.26 Å². The van der Waals surface area contributed by atoms with E-state index in [4.69, 9.17) is 0 Å². The molecule has 0 aliphatic carbocycles. The van der Waals surface area contributed by atoms with Crippen molar-refractivity contribution in [2.24, 2.45) is 0 Å². The number of imide groups is 2. The molecule has 3 atom stereocenters. The zero-order valence-electron chi connectivity index (χ0n) is 8.73. The minimum absolute atomic E-state index is 0.179. The van der Waals surface area contributed by atoms with Crippen LogP contribution >= 0.6 is 0 Å². The normalized spacial score (nSPS) is 25.3. The Morgan fingerprint density at radius 1 is 1.50 bits per heavy atom. The average molecular weight is 250 g/mol. The summed E-state index contributed by atoms with van der Waals surface area (Å²) in [4.78, 5) is 33.8. The Kier molecular flexibility index (Phi) is 3.74.